The van der Waals surface area contributed by atoms with Gasteiger partial charge in [0.1, 0.15) is 0 Å². The van der Waals surface area contributed by atoms with Crippen LogP contribution in [0.25, 0.3) is 6.08 Å². The number of thiocarbonyl (C=S) groups is 1. The third-order valence-electron chi connectivity index (χ3n) is 3.11. The zero-order valence-corrected chi connectivity index (χ0v) is 13.9. The first-order valence-electron chi connectivity index (χ1n) is 7.26. The molecule has 0 atom stereocenters. The number of rotatable bonds is 4. The molecular formula is C18H17N3O2S. The number of amides is 2. The van der Waals surface area contributed by atoms with E-state index in [-0.39, 0.29) is 16.9 Å². The van der Waals surface area contributed by atoms with Crippen molar-refractivity contribution < 1.29 is 9.59 Å². The number of nitrogens with one attached hydrogen (secondary N) is 3. The topological polar surface area (TPSA) is 70.2 Å². The van der Waals surface area contributed by atoms with Gasteiger partial charge in [0.05, 0.1) is 11.3 Å². The van der Waals surface area contributed by atoms with Gasteiger partial charge >= 0.3 is 0 Å². The second-order valence-corrected chi connectivity index (χ2v) is 5.22. The van der Waals surface area contributed by atoms with Crippen LogP contribution in [0.3, 0.4) is 0 Å². The zero-order valence-electron chi connectivity index (χ0n) is 13.1. The maximum Gasteiger partial charge on any atom is 0.253 e. The first-order valence-corrected chi connectivity index (χ1v) is 7.67. The maximum absolute atomic E-state index is 11.9. The number of para-hydroxylation sites is 1. The van der Waals surface area contributed by atoms with Gasteiger partial charge < -0.3 is 10.6 Å². The highest BCUT2D eigenvalue weighted by atomic mass is 32.1. The van der Waals surface area contributed by atoms with E-state index in [0.717, 1.165) is 5.56 Å². The maximum atomic E-state index is 11.9. The molecule has 0 saturated heterocycles. The van der Waals surface area contributed by atoms with Gasteiger partial charge in [-0.25, -0.2) is 0 Å². The summed E-state index contributed by atoms with van der Waals surface area (Å²) in [6.07, 6.45) is 3.09. The van der Waals surface area contributed by atoms with E-state index in [0.29, 0.717) is 11.3 Å². The molecule has 24 heavy (non-hydrogen) atoms. The summed E-state index contributed by atoms with van der Waals surface area (Å²) in [5.74, 6) is -0.593. The molecule has 0 bridgehead atoms. The monoisotopic (exact) mass is 339 g/mol. The molecule has 3 N–H and O–H groups in total. The first-order chi connectivity index (χ1) is 11.6. The summed E-state index contributed by atoms with van der Waals surface area (Å²) < 4.78 is 0. The molecule has 0 heterocycles. The number of carbonyl (C=O) groups excluding carboxylic acids is 2. The minimum absolute atomic E-state index is 0.120. The Morgan fingerprint density at radius 3 is 2.38 bits per heavy atom. The van der Waals surface area contributed by atoms with Crippen LogP contribution >= 0.6 is 12.2 Å². The lowest BCUT2D eigenvalue weighted by molar-refractivity contribution is -0.115. The van der Waals surface area contributed by atoms with Crippen LogP contribution in [0.2, 0.25) is 0 Å². The van der Waals surface area contributed by atoms with Gasteiger partial charge in [-0.05, 0) is 36.0 Å². The van der Waals surface area contributed by atoms with Crippen LogP contribution < -0.4 is 16.0 Å². The van der Waals surface area contributed by atoms with Crippen LogP contribution in [0.1, 0.15) is 15.9 Å². The van der Waals surface area contributed by atoms with Crippen molar-refractivity contribution in [1.82, 2.24) is 10.6 Å². The molecule has 6 heteroatoms. The minimum Gasteiger partial charge on any atom is -0.355 e. The summed E-state index contributed by atoms with van der Waals surface area (Å²) in [4.78, 5) is 23.7. The average molecular weight is 339 g/mol. The molecule has 0 aliphatic rings. The van der Waals surface area contributed by atoms with E-state index < -0.39 is 0 Å². The number of benzene rings is 2. The summed E-state index contributed by atoms with van der Waals surface area (Å²) >= 11 is 5.12. The second-order valence-electron chi connectivity index (χ2n) is 4.81. The van der Waals surface area contributed by atoms with E-state index in [1.54, 1.807) is 37.4 Å². The van der Waals surface area contributed by atoms with E-state index in [1.807, 2.05) is 30.3 Å². The molecule has 2 rings (SSSR count). The van der Waals surface area contributed by atoms with Gasteiger partial charge in [0.2, 0.25) is 5.91 Å². The van der Waals surface area contributed by atoms with Gasteiger partial charge in [-0.1, -0.05) is 42.5 Å². The molecule has 0 aliphatic carbocycles. The number of anilines is 1. The highest BCUT2D eigenvalue weighted by molar-refractivity contribution is 7.80. The van der Waals surface area contributed by atoms with Crippen LogP contribution in [0.5, 0.6) is 0 Å². The van der Waals surface area contributed by atoms with E-state index in [1.165, 1.54) is 6.08 Å². The molecule has 0 fully saturated rings. The van der Waals surface area contributed by atoms with Gasteiger partial charge in [0.25, 0.3) is 5.91 Å². The lowest BCUT2D eigenvalue weighted by Crippen LogP contribution is -2.33. The van der Waals surface area contributed by atoms with Gasteiger partial charge in [-0.15, -0.1) is 0 Å². The van der Waals surface area contributed by atoms with E-state index >= 15 is 0 Å². The first kappa shape index (κ1) is 17.4. The molecule has 0 spiro atoms. The Labute approximate surface area is 145 Å². The summed E-state index contributed by atoms with van der Waals surface area (Å²) in [5, 5.41) is 8.08. The van der Waals surface area contributed by atoms with Crippen LogP contribution in [-0.2, 0) is 4.79 Å². The molecule has 0 aliphatic heterocycles. The molecular weight excluding hydrogens is 322 g/mol. The van der Waals surface area contributed by atoms with E-state index in [4.69, 9.17) is 12.2 Å². The van der Waals surface area contributed by atoms with Crippen molar-refractivity contribution in [2.75, 3.05) is 12.4 Å². The van der Waals surface area contributed by atoms with Crippen molar-refractivity contribution >= 4 is 40.9 Å². The molecule has 2 amide bonds. The quantitative estimate of drug-likeness (QED) is 0.591. The number of hydrogen-bond donors (Lipinski definition) is 3. The van der Waals surface area contributed by atoms with Crippen molar-refractivity contribution in [2.45, 2.75) is 0 Å². The van der Waals surface area contributed by atoms with E-state index in [9.17, 15) is 9.59 Å². The standard InChI is InChI=1S/C18H17N3O2S/c1-19-17(23)14-9-5-6-10-15(14)20-18(24)21-16(22)12-11-13-7-3-2-4-8-13/h2-12H,1H3,(H,19,23)(H2,20,21,22,24)/b12-11+. The Hall–Kier alpha value is -2.99. The molecule has 122 valence electrons. The summed E-state index contributed by atoms with van der Waals surface area (Å²) in [6, 6.07) is 16.4. The molecule has 0 radical (unpaired) electrons. The number of hydrogen-bond acceptors (Lipinski definition) is 3. The Morgan fingerprint density at radius 2 is 1.67 bits per heavy atom. The van der Waals surface area contributed by atoms with Gasteiger partial charge in [0, 0.05) is 13.1 Å². The normalized spacial score (nSPS) is 10.2. The third kappa shape index (κ3) is 5.03. The fourth-order valence-electron chi connectivity index (χ4n) is 1.97. The fraction of sp³-hybridized carbons (Fsp3) is 0.0556. The molecule has 0 aromatic heterocycles. The van der Waals surface area contributed by atoms with Gasteiger partial charge in [-0.3, -0.25) is 14.9 Å². The molecule has 0 saturated carbocycles. The van der Waals surface area contributed by atoms with Crippen molar-refractivity contribution in [1.29, 1.82) is 0 Å². The smallest absolute Gasteiger partial charge is 0.253 e. The molecule has 5 nitrogen and oxygen atoms in total. The predicted molar refractivity (Wildman–Crippen MR) is 99.7 cm³/mol. The Kier molecular flexibility index (Phi) is 6.22. The predicted octanol–water partition coefficient (Wildman–Crippen LogP) is 2.57. The largest absolute Gasteiger partial charge is 0.355 e. The molecule has 2 aromatic carbocycles. The molecule has 2 aromatic rings. The fourth-order valence-corrected chi connectivity index (χ4v) is 2.18. The Morgan fingerprint density at radius 1 is 1.00 bits per heavy atom. The summed E-state index contributed by atoms with van der Waals surface area (Å²) in [7, 11) is 1.55. The van der Waals surface area contributed by atoms with Crippen LogP contribution in [0.15, 0.2) is 60.7 Å². The van der Waals surface area contributed by atoms with Crippen LogP contribution in [0.4, 0.5) is 5.69 Å². The van der Waals surface area contributed by atoms with Crippen LogP contribution in [0, 0.1) is 0 Å². The lowest BCUT2D eigenvalue weighted by atomic mass is 10.1. The minimum atomic E-state index is -0.353. The highest BCUT2D eigenvalue weighted by Gasteiger charge is 2.10. The van der Waals surface area contributed by atoms with Crippen LogP contribution in [-0.4, -0.2) is 24.0 Å². The van der Waals surface area contributed by atoms with Gasteiger partial charge in [0.15, 0.2) is 5.11 Å². The third-order valence-corrected chi connectivity index (χ3v) is 3.31. The second kappa shape index (κ2) is 8.59. The Bertz CT molecular complexity index is 773. The molecule has 0 unspecified atom stereocenters. The van der Waals surface area contributed by atoms with Crippen molar-refractivity contribution in [3.63, 3.8) is 0 Å². The van der Waals surface area contributed by atoms with E-state index in [2.05, 4.69) is 16.0 Å². The summed E-state index contributed by atoms with van der Waals surface area (Å²) in [6.45, 7) is 0. The van der Waals surface area contributed by atoms with Gasteiger partial charge in [-0.2, -0.15) is 0 Å². The summed E-state index contributed by atoms with van der Waals surface area (Å²) in [5.41, 5.74) is 1.88. The van der Waals surface area contributed by atoms with Crippen molar-refractivity contribution in [3.05, 3.63) is 71.8 Å². The Balaban J connectivity index is 1.97. The van der Waals surface area contributed by atoms with Crippen molar-refractivity contribution in [3.8, 4) is 0 Å². The SMILES string of the molecule is CNC(=O)c1ccccc1NC(=S)NC(=O)/C=C/c1ccccc1. The lowest BCUT2D eigenvalue weighted by Gasteiger charge is -2.11. The zero-order chi connectivity index (χ0) is 17.4. The van der Waals surface area contributed by atoms with Crippen molar-refractivity contribution in [2.24, 2.45) is 0 Å². The average Bonchev–Trinajstić information content (AvgIpc) is 2.60. The number of carbonyl (C=O) groups is 2. The highest BCUT2D eigenvalue weighted by Crippen LogP contribution is 2.14.